The summed E-state index contributed by atoms with van der Waals surface area (Å²) in [5, 5.41) is 0. The topological polar surface area (TPSA) is 55.6 Å². The van der Waals surface area contributed by atoms with Crippen LogP contribution in [0.25, 0.3) is 0 Å². The zero-order valence-corrected chi connectivity index (χ0v) is 17.0. The normalized spacial score (nSPS) is 23.6. The molecule has 1 aliphatic rings. The monoisotopic (exact) mass is 392 g/mol. The molecule has 3 atom stereocenters. The van der Waals surface area contributed by atoms with E-state index in [0.717, 1.165) is 39.4 Å². The SMILES string of the molecule is C/C=C\C1C(=O)OC(C)CC1/C=C/CCN(CC)CCN.CCC(F)(F)F. The molecule has 0 saturated carbocycles. The Bertz CT molecular complexity index is 465. The second kappa shape index (κ2) is 13.8. The van der Waals surface area contributed by atoms with E-state index in [1.807, 2.05) is 26.0 Å². The maximum atomic E-state index is 11.9. The minimum atomic E-state index is -3.96. The molecule has 0 aromatic carbocycles. The Morgan fingerprint density at radius 1 is 1.26 bits per heavy atom. The third kappa shape index (κ3) is 11.9. The smallest absolute Gasteiger partial charge is 0.388 e. The number of hydrogen-bond donors (Lipinski definition) is 1. The van der Waals surface area contributed by atoms with Crippen LogP contribution in [-0.4, -0.2) is 49.3 Å². The molecular weight excluding hydrogens is 357 g/mol. The first-order valence-corrected chi connectivity index (χ1v) is 9.67. The summed E-state index contributed by atoms with van der Waals surface area (Å²) in [6.07, 6.45) is 5.50. The van der Waals surface area contributed by atoms with E-state index >= 15 is 0 Å². The molecule has 0 amide bonds. The zero-order chi connectivity index (χ0) is 20.9. The predicted molar refractivity (Wildman–Crippen MR) is 103 cm³/mol. The van der Waals surface area contributed by atoms with Gasteiger partial charge in [0.2, 0.25) is 0 Å². The molecule has 0 spiro atoms. The van der Waals surface area contributed by atoms with Gasteiger partial charge in [-0.25, -0.2) is 0 Å². The lowest BCUT2D eigenvalue weighted by Gasteiger charge is -2.30. The standard InChI is InChI=1S/C17H30N2O2.C3H5F3/c1-4-8-16-15(13-14(3)21-17(16)20)9-6-7-11-19(5-2)12-10-18;1-2-3(4,5)6/h4,6,8-9,14-16H,5,7,10-13,18H2,1-3H3;2H2,1H3/b8-4-,9-6+;. The highest BCUT2D eigenvalue weighted by Crippen LogP contribution is 2.29. The summed E-state index contributed by atoms with van der Waals surface area (Å²) >= 11 is 0. The molecule has 0 radical (unpaired) electrons. The molecule has 27 heavy (non-hydrogen) atoms. The molecule has 4 nitrogen and oxygen atoms in total. The fourth-order valence-electron chi connectivity index (χ4n) is 2.80. The number of carbonyl (C=O) groups is 1. The van der Waals surface area contributed by atoms with Crippen LogP contribution in [0.2, 0.25) is 0 Å². The number of ether oxygens (including phenoxy) is 1. The summed E-state index contributed by atoms with van der Waals surface area (Å²) in [4.78, 5) is 14.3. The van der Waals surface area contributed by atoms with Crippen molar-refractivity contribution in [3.05, 3.63) is 24.3 Å². The average molecular weight is 393 g/mol. The number of nitrogens with zero attached hydrogens (tertiary/aromatic N) is 1. The molecule has 1 heterocycles. The van der Waals surface area contributed by atoms with E-state index in [9.17, 15) is 18.0 Å². The molecule has 1 rings (SSSR count). The van der Waals surface area contributed by atoms with Crippen molar-refractivity contribution in [2.24, 2.45) is 17.6 Å². The van der Waals surface area contributed by atoms with Gasteiger partial charge in [0.15, 0.2) is 0 Å². The summed E-state index contributed by atoms with van der Waals surface area (Å²) in [6, 6.07) is 0. The van der Waals surface area contributed by atoms with Crippen LogP contribution in [0.3, 0.4) is 0 Å². The Kier molecular flexibility index (Phi) is 13.1. The average Bonchev–Trinajstić information content (AvgIpc) is 2.60. The molecule has 2 N–H and O–H groups in total. The van der Waals surface area contributed by atoms with E-state index in [0.29, 0.717) is 6.54 Å². The van der Waals surface area contributed by atoms with Gasteiger partial charge in [0, 0.05) is 26.1 Å². The molecule has 0 bridgehead atoms. The summed E-state index contributed by atoms with van der Waals surface area (Å²) in [6.45, 7) is 10.8. The Labute approximate surface area is 161 Å². The Morgan fingerprint density at radius 3 is 2.37 bits per heavy atom. The number of rotatable bonds is 8. The van der Waals surface area contributed by atoms with Gasteiger partial charge in [0.1, 0.15) is 0 Å². The van der Waals surface area contributed by atoms with Crippen LogP contribution in [0, 0.1) is 11.8 Å². The fourth-order valence-corrected chi connectivity index (χ4v) is 2.80. The van der Waals surface area contributed by atoms with Gasteiger partial charge >= 0.3 is 12.1 Å². The van der Waals surface area contributed by atoms with Gasteiger partial charge < -0.3 is 15.4 Å². The largest absolute Gasteiger partial charge is 0.462 e. The van der Waals surface area contributed by atoms with Crippen LogP contribution in [0.5, 0.6) is 0 Å². The quantitative estimate of drug-likeness (QED) is 0.494. The number of allylic oxidation sites excluding steroid dienone is 2. The third-order valence-electron chi connectivity index (χ3n) is 4.34. The van der Waals surface area contributed by atoms with Crippen LogP contribution < -0.4 is 5.73 Å². The molecule has 0 aromatic rings. The summed E-state index contributed by atoms with van der Waals surface area (Å²) in [7, 11) is 0. The van der Waals surface area contributed by atoms with Gasteiger partial charge in [-0.1, -0.05) is 38.2 Å². The van der Waals surface area contributed by atoms with Crippen LogP contribution >= 0.6 is 0 Å². The predicted octanol–water partition coefficient (Wildman–Crippen LogP) is 4.32. The zero-order valence-electron chi connectivity index (χ0n) is 17.0. The fraction of sp³-hybridized carbons (Fsp3) is 0.750. The van der Waals surface area contributed by atoms with Crippen molar-refractivity contribution < 1.29 is 22.7 Å². The summed E-state index contributed by atoms with van der Waals surface area (Å²) < 4.78 is 37.7. The van der Waals surface area contributed by atoms with E-state index in [1.54, 1.807) is 0 Å². The first-order valence-electron chi connectivity index (χ1n) is 9.67. The Morgan fingerprint density at radius 2 is 1.89 bits per heavy atom. The molecule has 158 valence electrons. The number of cyclic esters (lactones) is 1. The minimum absolute atomic E-state index is 0.0121. The van der Waals surface area contributed by atoms with Crippen molar-refractivity contribution >= 4 is 5.97 Å². The van der Waals surface area contributed by atoms with E-state index in [4.69, 9.17) is 10.5 Å². The first-order chi connectivity index (χ1) is 12.7. The summed E-state index contributed by atoms with van der Waals surface area (Å²) in [5.74, 6) is 0.0237. The van der Waals surface area contributed by atoms with E-state index in [-0.39, 0.29) is 23.9 Å². The number of esters is 1. The highest BCUT2D eigenvalue weighted by Gasteiger charge is 2.33. The lowest BCUT2D eigenvalue weighted by molar-refractivity contribution is -0.159. The second-order valence-electron chi connectivity index (χ2n) is 6.61. The number of carbonyl (C=O) groups excluding carboxylic acids is 1. The molecule has 1 fully saturated rings. The summed E-state index contributed by atoms with van der Waals surface area (Å²) in [5.41, 5.74) is 5.59. The van der Waals surface area contributed by atoms with Crippen molar-refractivity contribution in [1.29, 1.82) is 0 Å². The Hall–Kier alpha value is -1.34. The van der Waals surface area contributed by atoms with E-state index < -0.39 is 12.6 Å². The van der Waals surface area contributed by atoms with Crippen LogP contribution in [0.1, 0.15) is 47.0 Å². The number of likely N-dealkylation sites (N-methyl/N-ethyl adjacent to an activating group) is 1. The van der Waals surface area contributed by atoms with E-state index in [2.05, 4.69) is 24.0 Å². The van der Waals surface area contributed by atoms with Crippen molar-refractivity contribution in [3.63, 3.8) is 0 Å². The van der Waals surface area contributed by atoms with Crippen molar-refractivity contribution in [2.75, 3.05) is 26.2 Å². The maximum absolute atomic E-state index is 11.9. The second-order valence-corrected chi connectivity index (χ2v) is 6.61. The van der Waals surface area contributed by atoms with Crippen LogP contribution in [0.15, 0.2) is 24.3 Å². The van der Waals surface area contributed by atoms with E-state index in [1.165, 1.54) is 0 Å². The number of nitrogens with two attached hydrogens (primary N) is 1. The molecule has 3 unspecified atom stereocenters. The first kappa shape index (κ1) is 25.7. The van der Waals surface area contributed by atoms with Crippen LogP contribution in [0.4, 0.5) is 13.2 Å². The molecule has 0 aliphatic carbocycles. The number of halogens is 3. The van der Waals surface area contributed by atoms with Crippen LogP contribution in [-0.2, 0) is 9.53 Å². The molecule has 1 aliphatic heterocycles. The maximum Gasteiger partial charge on any atom is 0.388 e. The number of hydrogen-bond acceptors (Lipinski definition) is 4. The lowest BCUT2D eigenvalue weighted by atomic mass is 9.84. The Balaban J connectivity index is 0.000000972. The van der Waals surface area contributed by atoms with Crippen molar-refractivity contribution in [2.45, 2.75) is 59.2 Å². The van der Waals surface area contributed by atoms with Gasteiger partial charge in [0.25, 0.3) is 0 Å². The third-order valence-corrected chi connectivity index (χ3v) is 4.34. The van der Waals surface area contributed by atoms with Gasteiger partial charge in [0.05, 0.1) is 12.0 Å². The van der Waals surface area contributed by atoms with Gasteiger partial charge in [-0.3, -0.25) is 4.79 Å². The molecule has 1 saturated heterocycles. The van der Waals surface area contributed by atoms with Crippen molar-refractivity contribution in [3.8, 4) is 0 Å². The minimum Gasteiger partial charge on any atom is -0.462 e. The van der Waals surface area contributed by atoms with Gasteiger partial charge in [-0.15, -0.1) is 0 Å². The lowest BCUT2D eigenvalue weighted by Crippen LogP contribution is -2.34. The van der Waals surface area contributed by atoms with Gasteiger partial charge in [-0.2, -0.15) is 13.2 Å². The molecular formula is C20H35F3N2O2. The molecule has 7 heteroatoms. The number of alkyl halides is 3. The highest BCUT2D eigenvalue weighted by molar-refractivity contribution is 5.76. The molecule has 0 aromatic heterocycles. The van der Waals surface area contributed by atoms with Crippen molar-refractivity contribution in [1.82, 2.24) is 4.90 Å². The highest BCUT2D eigenvalue weighted by atomic mass is 19.4. The van der Waals surface area contributed by atoms with Gasteiger partial charge in [-0.05, 0) is 39.2 Å².